The van der Waals surface area contributed by atoms with Gasteiger partial charge in [-0.25, -0.2) is 9.38 Å². The molecule has 3 aromatic carbocycles. The van der Waals surface area contributed by atoms with Crippen molar-refractivity contribution >= 4 is 40.0 Å². The summed E-state index contributed by atoms with van der Waals surface area (Å²) in [5, 5.41) is 10.6. The molecule has 1 aliphatic rings. The Balaban J connectivity index is 1.42. The molecule has 0 radical (unpaired) electrons. The molecule has 1 atom stereocenters. The molecule has 1 amide bonds. The minimum absolute atomic E-state index is 0.00433. The van der Waals surface area contributed by atoms with Crippen LogP contribution in [0.1, 0.15) is 22.8 Å². The second kappa shape index (κ2) is 8.91. The monoisotopic (exact) mass is 496 g/mol. The highest BCUT2D eigenvalue weighted by Gasteiger charge is 2.31. The average molecular weight is 497 g/mol. The lowest BCUT2D eigenvalue weighted by atomic mass is 10.1. The van der Waals surface area contributed by atoms with Gasteiger partial charge in [-0.2, -0.15) is 0 Å². The van der Waals surface area contributed by atoms with E-state index in [0.29, 0.717) is 24.7 Å². The summed E-state index contributed by atoms with van der Waals surface area (Å²) in [4.78, 5) is 22.5. The fraction of sp³-hybridized carbons (Fsp3) is 0.214. The van der Waals surface area contributed by atoms with Crippen LogP contribution in [-0.4, -0.2) is 56.1 Å². The van der Waals surface area contributed by atoms with Gasteiger partial charge in [0.15, 0.2) is 11.5 Å². The SMILES string of the molecule is Cc1cccc(C(=O)N2CCN(c3nc4cc(Cl)ccc4c4nnc(-c5ccccc5)n34)C[C@@H]2C)c1. The molecule has 180 valence electrons. The molecule has 0 saturated carbocycles. The lowest BCUT2D eigenvalue weighted by Gasteiger charge is -2.40. The second-order valence-electron chi connectivity index (χ2n) is 9.28. The number of aryl methyl sites for hydroxylation is 1. The third-order valence-corrected chi connectivity index (χ3v) is 6.99. The van der Waals surface area contributed by atoms with Crippen molar-refractivity contribution in [1.29, 1.82) is 0 Å². The first-order valence-corrected chi connectivity index (χ1v) is 12.4. The van der Waals surface area contributed by atoms with Crippen LogP contribution in [0, 0.1) is 6.92 Å². The third-order valence-electron chi connectivity index (χ3n) is 6.75. The van der Waals surface area contributed by atoms with Crippen molar-refractivity contribution in [3.63, 3.8) is 0 Å². The van der Waals surface area contributed by atoms with E-state index >= 15 is 0 Å². The number of hydrogen-bond acceptors (Lipinski definition) is 5. The first-order chi connectivity index (χ1) is 17.5. The van der Waals surface area contributed by atoms with E-state index in [-0.39, 0.29) is 11.9 Å². The van der Waals surface area contributed by atoms with Gasteiger partial charge in [0.1, 0.15) is 0 Å². The number of piperazine rings is 1. The van der Waals surface area contributed by atoms with Gasteiger partial charge in [0.2, 0.25) is 5.95 Å². The molecule has 0 aliphatic carbocycles. The van der Waals surface area contributed by atoms with Crippen LogP contribution in [-0.2, 0) is 0 Å². The van der Waals surface area contributed by atoms with Crippen LogP contribution in [0.3, 0.4) is 0 Å². The number of benzene rings is 3. The van der Waals surface area contributed by atoms with Crippen molar-refractivity contribution in [2.24, 2.45) is 0 Å². The van der Waals surface area contributed by atoms with Crippen LogP contribution in [0.5, 0.6) is 0 Å². The molecule has 0 bridgehead atoms. The molecule has 7 nitrogen and oxygen atoms in total. The summed E-state index contributed by atoms with van der Waals surface area (Å²) < 4.78 is 2.02. The second-order valence-corrected chi connectivity index (χ2v) is 9.72. The summed E-state index contributed by atoms with van der Waals surface area (Å²) in [6.07, 6.45) is 0. The topological polar surface area (TPSA) is 66.6 Å². The van der Waals surface area contributed by atoms with Crippen LogP contribution in [0.15, 0.2) is 72.8 Å². The van der Waals surface area contributed by atoms with E-state index in [1.165, 1.54) is 0 Å². The fourth-order valence-electron chi connectivity index (χ4n) is 4.96. The zero-order valence-electron chi connectivity index (χ0n) is 20.1. The minimum atomic E-state index is -0.00433. The molecule has 6 rings (SSSR count). The highest BCUT2D eigenvalue weighted by atomic mass is 35.5. The molecule has 5 aromatic rings. The molecule has 1 saturated heterocycles. The Bertz CT molecular complexity index is 1600. The van der Waals surface area contributed by atoms with Crippen LogP contribution >= 0.6 is 11.6 Å². The number of aromatic nitrogens is 4. The smallest absolute Gasteiger partial charge is 0.254 e. The van der Waals surface area contributed by atoms with Crippen molar-refractivity contribution in [3.8, 4) is 11.4 Å². The maximum Gasteiger partial charge on any atom is 0.254 e. The molecule has 3 heterocycles. The maximum atomic E-state index is 13.3. The Morgan fingerprint density at radius 2 is 1.81 bits per heavy atom. The quantitative estimate of drug-likeness (QED) is 0.341. The number of hydrogen-bond donors (Lipinski definition) is 0. The number of halogens is 1. The third kappa shape index (κ3) is 3.85. The van der Waals surface area contributed by atoms with Crippen molar-refractivity contribution in [3.05, 3.63) is 88.9 Å². The highest BCUT2D eigenvalue weighted by molar-refractivity contribution is 6.31. The number of carbonyl (C=O) groups excluding carboxylic acids is 1. The van der Waals surface area contributed by atoms with Crippen molar-refractivity contribution in [1.82, 2.24) is 24.5 Å². The zero-order valence-corrected chi connectivity index (χ0v) is 20.9. The fourth-order valence-corrected chi connectivity index (χ4v) is 5.13. The summed E-state index contributed by atoms with van der Waals surface area (Å²) in [5.41, 5.74) is 4.26. The van der Waals surface area contributed by atoms with Crippen molar-refractivity contribution in [2.75, 3.05) is 24.5 Å². The molecule has 0 N–H and O–H groups in total. The van der Waals surface area contributed by atoms with Crippen LogP contribution in [0.2, 0.25) is 5.02 Å². The van der Waals surface area contributed by atoms with Crippen LogP contribution < -0.4 is 4.90 Å². The number of rotatable bonds is 3. The normalized spacial score (nSPS) is 16.1. The lowest BCUT2D eigenvalue weighted by molar-refractivity contribution is 0.0673. The van der Waals surface area contributed by atoms with E-state index in [4.69, 9.17) is 16.6 Å². The van der Waals surface area contributed by atoms with E-state index in [0.717, 1.165) is 45.0 Å². The summed E-state index contributed by atoms with van der Waals surface area (Å²) in [6, 6.07) is 23.4. The van der Waals surface area contributed by atoms with Gasteiger partial charge in [-0.05, 0) is 44.2 Å². The van der Waals surface area contributed by atoms with E-state index in [1.54, 1.807) is 0 Å². The van der Waals surface area contributed by atoms with Gasteiger partial charge in [-0.1, -0.05) is 59.6 Å². The molecular weight excluding hydrogens is 472 g/mol. The van der Waals surface area contributed by atoms with Gasteiger partial charge >= 0.3 is 0 Å². The predicted molar refractivity (Wildman–Crippen MR) is 143 cm³/mol. The Labute approximate surface area is 214 Å². The Hall–Kier alpha value is -3.97. The average Bonchev–Trinajstić information content (AvgIpc) is 3.33. The molecule has 0 spiro atoms. The molecule has 0 unspecified atom stereocenters. The summed E-state index contributed by atoms with van der Waals surface area (Å²) in [7, 11) is 0. The number of anilines is 1. The van der Waals surface area contributed by atoms with E-state index in [9.17, 15) is 4.79 Å². The maximum absolute atomic E-state index is 13.3. The molecular formula is C28H25ClN6O. The zero-order chi connectivity index (χ0) is 24.8. The molecule has 8 heteroatoms. The summed E-state index contributed by atoms with van der Waals surface area (Å²) >= 11 is 6.31. The van der Waals surface area contributed by atoms with Gasteiger partial charge < -0.3 is 9.80 Å². The Kier molecular flexibility index (Phi) is 5.57. The lowest BCUT2D eigenvalue weighted by Crippen LogP contribution is -2.54. The van der Waals surface area contributed by atoms with E-state index < -0.39 is 0 Å². The van der Waals surface area contributed by atoms with Gasteiger partial charge in [0.25, 0.3) is 5.91 Å². The summed E-state index contributed by atoms with van der Waals surface area (Å²) in [5.74, 6) is 1.54. The van der Waals surface area contributed by atoms with E-state index in [2.05, 4.69) is 22.0 Å². The van der Waals surface area contributed by atoms with Crippen molar-refractivity contribution < 1.29 is 4.79 Å². The van der Waals surface area contributed by atoms with Gasteiger partial charge in [-0.3, -0.25) is 4.79 Å². The highest BCUT2D eigenvalue weighted by Crippen LogP contribution is 2.31. The number of fused-ring (bicyclic) bond motifs is 3. The molecule has 36 heavy (non-hydrogen) atoms. The van der Waals surface area contributed by atoms with E-state index in [1.807, 2.05) is 89.0 Å². The number of nitrogens with zero attached hydrogens (tertiary/aromatic N) is 6. The first kappa shape index (κ1) is 22.5. The van der Waals surface area contributed by atoms with Crippen LogP contribution in [0.25, 0.3) is 27.9 Å². The van der Waals surface area contributed by atoms with Crippen LogP contribution in [0.4, 0.5) is 5.95 Å². The Morgan fingerprint density at radius 3 is 2.58 bits per heavy atom. The molecule has 1 aliphatic heterocycles. The van der Waals surface area contributed by atoms with Gasteiger partial charge in [0, 0.05) is 47.2 Å². The minimum Gasteiger partial charge on any atom is -0.338 e. The summed E-state index contributed by atoms with van der Waals surface area (Å²) in [6.45, 7) is 5.96. The van der Waals surface area contributed by atoms with Gasteiger partial charge in [-0.15, -0.1) is 10.2 Å². The van der Waals surface area contributed by atoms with Crippen molar-refractivity contribution in [2.45, 2.75) is 19.9 Å². The number of carbonyl (C=O) groups is 1. The largest absolute Gasteiger partial charge is 0.338 e. The van der Waals surface area contributed by atoms with Gasteiger partial charge in [0.05, 0.1) is 5.52 Å². The number of amides is 1. The predicted octanol–water partition coefficient (Wildman–Crippen LogP) is 5.26. The Morgan fingerprint density at radius 1 is 0.972 bits per heavy atom. The molecule has 2 aromatic heterocycles. The first-order valence-electron chi connectivity index (χ1n) is 12.0. The molecule has 1 fully saturated rings. The standard InChI is InChI=1S/C28H25ClN6O/c1-18-7-6-10-21(15-18)27(36)34-14-13-33(17-19(34)2)28-30-24-16-22(29)11-12-23(24)26-32-31-25(35(26)28)20-8-4-3-5-9-20/h3-12,15-16,19H,13-14,17H2,1-2H3/t19-/m0/s1.